The Kier molecular flexibility index (Phi) is 3.56. The zero-order valence-electron chi connectivity index (χ0n) is 14.5. The summed E-state index contributed by atoms with van der Waals surface area (Å²) in [5.74, 6) is 1.59. The summed E-state index contributed by atoms with van der Waals surface area (Å²) in [4.78, 5) is 12.6. The van der Waals surface area contributed by atoms with Crippen LogP contribution in [-0.2, 0) is 9.53 Å². The number of phenolic OH excluding ortho intramolecular Hbond substituents is 1. The molecule has 0 bridgehead atoms. The van der Waals surface area contributed by atoms with Crippen LogP contribution in [0.2, 0.25) is 0 Å². The number of methoxy groups -OCH3 is 1. The Labute approximate surface area is 143 Å². The number of benzene rings is 1. The van der Waals surface area contributed by atoms with Gasteiger partial charge in [-0.3, -0.25) is 4.79 Å². The van der Waals surface area contributed by atoms with Gasteiger partial charge in [-0.2, -0.15) is 0 Å². The molecule has 130 valence electrons. The van der Waals surface area contributed by atoms with E-state index in [0.717, 1.165) is 25.7 Å². The Morgan fingerprint density at radius 2 is 2.12 bits per heavy atom. The second-order valence-electron chi connectivity index (χ2n) is 8.25. The third-order valence-electron chi connectivity index (χ3n) is 7.33. The predicted octanol–water partition coefficient (Wildman–Crippen LogP) is 3.09. The highest BCUT2D eigenvalue weighted by atomic mass is 16.5. The summed E-state index contributed by atoms with van der Waals surface area (Å²) in [7, 11) is 1.72. The molecule has 3 aliphatic rings. The van der Waals surface area contributed by atoms with E-state index in [0.29, 0.717) is 36.4 Å². The van der Waals surface area contributed by atoms with E-state index >= 15 is 0 Å². The molecule has 2 fully saturated rings. The molecule has 3 N–H and O–H groups in total. The maximum absolute atomic E-state index is 12.6. The van der Waals surface area contributed by atoms with Crippen LogP contribution in [0, 0.1) is 11.3 Å². The number of Topliss-reactive ketones (excluding diaryl/α,β-unsaturated/α-hetero) is 1. The highest BCUT2D eigenvalue weighted by Crippen LogP contribution is 2.62. The Morgan fingerprint density at radius 3 is 2.88 bits per heavy atom. The maximum Gasteiger partial charge on any atom is 0.140 e. The fraction of sp³-hybridized carbons (Fsp3) is 0.650. The molecule has 0 spiro atoms. The minimum Gasteiger partial charge on any atom is -0.508 e. The summed E-state index contributed by atoms with van der Waals surface area (Å²) in [5, 5.41) is 9.94. The first-order chi connectivity index (χ1) is 11.4. The lowest BCUT2D eigenvalue weighted by Gasteiger charge is -2.56. The van der Waals surface area contributed by atoms with Gasteiger partial charge in [0.05, 0.1) is 6.61 Å². The lowest BCUT2D eigenvalue weighted by atomic mass is 9.50. The lowest BCUT2D eigenvalue weighted by molar-refractivity contribution is -0.130. The fourth-order valence-electron chi connectivity index (χ4n) is 5.90. The predicted molar refractivity (Wildman–Crippen MR) is 92.1 cm³/mol. The van der Waals surface area contributed by atoms with Crippen molar-refractivity contribution in [2.45, 2.75) is 56.4 Å². The molecule has 1 aromatic rings. The number of nitrogens with two attached hydrogens (primary N) is 1. The summed E-state index contributed by atoms with van der Waals surface area (Å²) in [6.45, 7) is 2.72. The molecule has 24 heavy (non-hydrogen) atoms. The molecule has 0 aliphatic heterocycles. The molecule has 0 amide bonds. The average molecular weight is 329 g/mol. The lowest BCUT2D eigenvalue weighted by Crippen LogP contribution is -2.62. The van der Waals surface area contributed by atoms with E-state index in [2.05, 4.69) is 13.0 Å². The number of hydrogen-bond donors (Lipinski definition) is 2. The molecule has 0 radical (unpaired) electrons. The van der Waals surface area contributed by atoms with E-state index < -0.39 is 5.54 Å². The molecule has 2 saturated carbocycles. The molecule has 4 heteroatoms. The molecule has 4 rings (SSSR count). The summed E-state index contributed by atoms with van der Waals surface area (Å²) in [6, 6.07) is 5.74. The van der Waals surface area contributed by atoms with Crippen LogP contribution in [0.25, 0.3) is 0 Å². The highest BCUT2D eigenvalue weighted by Gasteiger charge is 2.63. The van der Waals surface area contributed by atoms with E-state index in [1.807, 2.05) is 6.07 Å². The summed E-state index contributed by atoms with van der Waals surface area (Å²) >= 11 is 0. The van der Waals surface area contributed by atoms with Crippen molar-refractivity contribution < 1.29 is 14.6 Å². The van der Waals surface area contributed by atoms with Gasteiger partial charge in [-0.15, -0.1) is 0 Å². The largest absolute Gasteiger partial charge is 0.508 e. The average Bonchev–Trinajstić information content (AvgIpc) is 2.80. The van der Waals surface area contributed by atoms with Crippen molar-refractivity contribution >= 4 is 5.78 Å². The van der Waals surface area contributed by atoms with Crippen LogP contribution in [0.1, 0.15) is 62.0 Å². The Morgan fingerprint density at radius 1 is 1.33 bits per heavy atom. The number of phenols is 1. The SMILES string of the molecule is COC[C@H]1C[C@@H]2[C@H](CC[C@]3(C)C(=O)CC[C@@]23N)c2ccc(O)cc21. The number of carbonyl (C=O) groups excluding carboxylic acids is 1. The van der Waals surface area contributed by atoms with Gasteiger partial charge in [0.2, 0.25) is 0 Å². The van der Waals surface area contributed by atoms with Gasteiger partial charge in [0.1, 0.15) is 11.5 Å². The van der Waals surface area contributed by atoms with Crippen LogP contribution in [0.5, 0.6) is 5.75 Å². The van der Waals surface area contributed by atoms with Crippen molar-refractivity contribution in [3.8, 4) is 5.75 Å². The van der Waals surface area contributed by atoms with Gasteiger partial charge in [0.15, 0.2) is 0 Å². The third-order valence-corrected chi connectivity index (χ3v) is 7.33. The Hall–Kier alpha value is -1.39. The number of ether oxygens (including phenoxy) is 1. The standard InChI is InChI=1S/C20H27NO3/c1-19-7-5-15-14-4-3-13(22)10-16(14)12(11-24-2)9-17(15)20(19,21)8-6-18(19)23/h3-4,10,12,15,17,22H,5-9,11,21H2,1-2H3/t12-,15-,17-,19-,20-/m1/s1. The van der Waals surface area contributed by atoms with Crippen molar-refractivity contribution in [1.82, 2.24) is 0 Å². The quantitative estimate of drug-likeness (QED) is 0.874. The van der Waals surface area contributed by atoms with Crippen LogP contribution in [0.4, 0.5) is 0 Å². The van der Waals surface area contributed by atoms with Crippen molar-refractivity contribution in [3.63, 3.8) is 0 Å². The van der Waals surface area contributed by atoms with Crippen LogP contribution in [0.3, 0.4) is 0 Å². The normalized spacial score (nSPS) is 40.8. The Bertz CT molecular complexity index is 687. The van der Waals surface area contributed by atoms with E-state index in [4.69, 9.17) is 10.5 Å². The topological polar surface area (TPSA) is 72.5 Å². The van der Waals surface area contributed by atoms with Crippen LogP contribution < -0.4 is 5.73 Å². The maximum atomic E-state index is 12.6. The number of carbonyl (C=O) groups is 1. The van der Waals surface area contributed by atoms with Gasteiger partial charge in [0.25, 0.3) is 0 Å². The minimum atomic E-state index is -0.408. The van der Waals surface area contributed by atoms with Crippen LogP contribution in [0.15, 0.2) is 18.2 Å². The first kappa shape index (κ1) is 16.1. The first-order valence-corrected chi connectivity index (χ1v) is 9.04. The third kappa shape index (κ3) is 1.96. The molecule has 0 heterocycles. The molecule has 5 atom stereocenters. The molecule has 3 aliphatic carbocycles. The molecule has 0 aromatic heterocycles. The summed E-state index contributed by atoms with van der Waals surface area (Å²) in [5.41, 5.74) is 8.70. The van der Waals surface area contributed by atoms with Gasteiger partial charge < -0.3 is 15.6 Å². The van der Waals surface area contributed by atoms with Gasteiger partial charge in [-0.25, -0.2) is 0 Å². The number of rotatable bonds is 2. The molecular weight excluding hydrogens is 302 g/mol. The second-order valence-corrected chi connectivity index (χ2v) is 8.25. The summed E-state index contributed by atoms with van der Waals surface area (Å²) in [6.07, 6.45) is 4.24. The van der Waals surface area contributed by atoms with E-state index in [1.165, 1.54) is 11.1 Å². The van der Waals surface area contributed by atoms with Gasteiger partial charge >= 0.3 is 0 Å². The fourth-order valence-corrected chi connectivity index (χ4v) is 5.90. The number of hydrogen-bond acceptors (Lipinski definition) is 4. The zero-order chi connectivity index (χ0) is 17.1. The van der Waals surface area contributed by atoms with Crippen molar-refractivity contribution in [2.75, 3.05) is 13.7 Å². The van der Waals surface area contributed by atoms with E-state index in [1.54, 1.807) is 13.2 Å². The van der Waals surface area contributed by atoms with Crippen LogP contribution >= 0.6 is 0 Å². The van der Waals surface area contributed by atoms with Gasteiger partial charge in [-0.05, 0) is 60.8 Å². The van der Waals surface area contributed by atoms with Crippen molar-refractivity contribution in [2.24, 2.45) is 17.1 Å². The smallest absolute Gasteiger partial charge is 0.140 e. The molecule has 4 nitrogen and oxygen atoms in total. The van der Waals surface area contributed by atoms with Crippen LogP contribution in [-0.4, -0.2) is 30.1 Å². The van der Waals surface area contributed by atoms with Crippen molar-refractivity contribution in [1.29, 1.82) is 0 Å². The first-order valence-electron chi connectivity index (χ1n) is 9.04. The van der Waals surface area contributed by atoms with Gasteiger partial charge in [-0.1, -0.05) is 13.0 Å². The molecule has 0 saturated heterocycles. The number of aromatic hydroxyl groups is 1. The Balaban J connectivity index is 1.81. The highest BCUT2D eigenvalue weighted by molar-refractivity contribution is 5.89. The molecular formula is C20H27NO3. The minimum absolute atomic E-state index is 0.233. The van der Waals surface area contributed by atoms with E-state index in [9.17, 15) is 9.90 Å². The monoisotopic (exact) mass is 329 g/mol. The molecule has 1 aromatic carbocycles. The molecule has 0 unspecified atom stereocenters. The number of fused-ring (bicyclic) bond motifs is 5. The number of ketones is 1. The van der Waals surface area contributed by atoms with Gasteiger partial charge in [0, 0.05) is 30.4 Å². The van der Waals surface area contributed by atoms with E-state index in [-0.39, 0.29) is 11.3 Å². The van der Waals surface area contributed by atoms with Crippen molar-refractivity contribution in [3.05, 3.63) is 29.3 Å². The summed E-state index contributed by atoms with van der Waals surface area (Å²) < 4.78 is 5.46. The second kappa shape index (κ2) is 5.30. The zero-order valence-corrected chi connectivity index (χ0v) is 14.5.